The van der Waals surface area contributed by atoms with E-state index in [0.717, 1.165) is 43.7 Å². The maximum atomic E-state index is 9.71. The van der Waals surface area contributed by atoms with E-state index >= 15 is 0 Å². The lowest BCUT2D eigenvalue weighted by atomic mass is 9.82. The van der Waals surface area contributed by atoms with Gasteiger partial charge in [-0.1, -0.05) is 11.6 Å². The second kappa shape index (κ2) is 12.6. The highest BCUT2D eigenvalue weighted by molar-refractivity contribution is 6.33. The van der Waals surface area contributed by atoms with Crippen LogP contribution in [0.25, 0.3) is 11.3 Å². The second-order valence-electron chi connectivity index (χ2n) is 9.91. The molecule has 3 N–H and O–H groups in total. The Bertz CT molecular complexity index is 1030. The monoisotopic (exact) mass is 513 g/mol. The molecule has 0 amide bonds. The largest absolute Gasteiger partial charge is 0.383 e. The van der Waals surface area contributed by atoms with E-state index in [2.05, 4.69) is 38.9 Å². The van der Waals surface area contributed by atoms with Gasteiger partial charge in [0.15, 0.2) is 0 Å². The van der Waals surface area contributed by atoms with Crippen LogP contribution in [0, 0.1) is 16.7 Å². The van der Waals surface area contributed by atoms with Crippen LogP contribution in [0.4, 0.5) is 11.6 Å². The molecule has 10 heteroatoms. The summed E-state index contributed by atoms with van der Waals surface area (Å²) in [5.74, 6) is 1.40. The summed E-state index contributed by atoms with van der Waals surface area (Å²) in [7, 11) is 1.74. The maximum Gasteiger partial charge on any atom is 0.145 e. The standard InChI is InChI=1S/C26H36ClN7O2/c1-18(15-35-2)32-19-3-5-20(6-4-19)33-24-11-21(22(27)12-30-24)23-13-29-14-25(34-23)31-17-26(16-28)7-9-36-10-8-26/h11-14,18-20,32H,3-10,15,17H2,1-2H3,(H,30,33)(H,31,34). The highest BCUT2D eigenvalue weighted by Crippen LogP contribution is 2.32. The van der Waals surface area contributed by atoms with Gasteiger partial charge in [-0.2, -0.15) is 5.26 Å². The first-order valence-corrected chi connectivity index (χ1v) is 13.1. The van der Waals surface area contributed by atoms with E-state index in [4.69, 9.17) is 26.1 Å². The molecule has 2 aromatic rings. The average molecular weight is 514 g/mol. The molecular formula is C26H36ClN7O2. The first-order valence-electron chi connectivity index (χ1n) is 12.7. The predicted octanol–water partition coefficient (Wildman–Crippen LogP) is 4.27. The van der Waals surface area contributed by atoms with Gasteiger partial charge in [0.1, 0.15) is 11.6 Å². The number of methoxy groups -OCH3 is 1. The van der Waals surface area contributed by atoms with Crippen LogP contribution >= 0.6 is 11.6 Å². The zero-order valence-electron chi connectivity index (χ0n) is 21.1. The number of aromatic nitrogens is 3. The van der Waals surface area contributed by atoms with Crippen molar-refractivity contribution in [2.75, 3.05) is 44.1 Å². The Kier molecular flexibility index (Phi) is 9.32. The number of nitrogens with zero attached hydrogens (tertiary/aromatic N) is 4. The van der Waals surface area contributed by atoms with Crippen molar-refractivity contribution in [2.24, 2.45) is 5.41 Å². The third-order valence-corrected chi connectivity index (χ3v) is 7.38. The minimum atomic E-state index is -0.447. The summed E-state index contributed by atoms with van der Waals surface area (Å²) >= 11 is 6.51. The number of pyridine rings is 1. The van der Waals surface area contributed by atoms with Crippen molar-refractivity contribution in [2.45, 2.75) is 63.6 Å². The van der Waals surface area contributed by atoms with E-state index in [1.165, 1.54) is 0 Å². The molecule has 0 aromatic carbocycles. The third kappa shape index (κ3) is 7.04. The Labute approximate surface area is 218 Å². The molecule has 3 heterocycles. The Morgan fingerprint density at radius 3 is 2.64 bits per heavy atom. The van der Waals surface area contributed by atoms with Crippen LogP contribution in [0.5, 0.6) is 0 Å². The molecule has 9 nitrogen and oxygen atoms in total. The zero-order chi connectivity index (χ0) is 25.4. The molecule has 2 aliphatic rings. The van der Waals surface area contributed by atoms with Crippen molar-refractivity contribution in [3.63, 3.8) is 0 Å². The third-order valence-electron chi connectivity index (χ3n) is 7.08. The van der Waals surface area contributed by atoms with Crippen molar-refractivity contribution in [3.05, 3.63) is 29.7 Å². The number of ether oxygens (including phenoxy) is 2. The van der Waals surface area contributed by atoms with Crippen molar-refractivity contribution >= 4 is 23.2 Å². The minimum absolute atomic E-state index is 0.360. The number of anilines is 2. The first kappa shape index (κ1) is 26.6. The number of rotatable bonds is 10. The Morgan fingerprint density at radius 2 is 1.92 bits per heavy atom. The molecule has 2 fully saturated rings. The van der Waals surface area contributed by atoms with Gasteiger partial charge >= 0.3 is 0 Å². The Hall–Kier alpha value is -2.51. The quantitative estimate of drug-likeness (QED) is 0.428. The number of hydrogen-bond acceptors (Lipinski definition) is 9. The van der Waals surface area contributed by atoms with Crippen LogP contribution in [0.2, 0.25) is 5.02 Å². The van der Waals surface area contributed by atoms with Crippen molar-refractivity contribution in [1.82, 2.24) is 20.3 Å². The molecule has 1 saturated heterocycles. The smallest absolute Gasteiger partial charge is 0.145 e. The van der Waals surface area contributed by atoms with Gasteiger partial charge in [0.25, 0.3) is 0 Å². The summed E-state index contributed by atoms with van der Waals surface area (Å²) < 4.78 is 10.7. The number of hydrogen-bond donors (Lipinski definition) is 3. The van der Waals surface area contributed by atoms with Gasteiger partial charge in [-0.05, 0) is 51.5 Å². The maximum absolute atomic E-state index is 9.71. The summed E-state index contributed by atoms with van der Waals surface area (Å²) in [5.41, 5.74) is 0.987. The van der Waals surface area contributed by atoms with Crippen LogP contribution in [0.3, 0.4) is 0 Å². The summed E-state index contributed by atoms with van der Waals surface area (Å²) in [6, 6.07) is 5.66. The van der Waals surface area contributed by atoms with E-state index in [1.54, 1.807) is 25.7 Å². The molecule has 36 heavy (non-hydrogen) atoms. The van der Waals surface area contributed by atoms with Crippen LogP contribution in [0.1, 0.15) is 45.4 Å². The number of nitrogens with one attached hydrogen (secondary N) is 3. The molecule has 1 aliphatic heterocycles. The highest BCUT2D eigenvalue weighted by Gasteiger charge is 2.32. The molecule has 0 bridgehead atoms. The summed E-state index contributed by atoms with van der Waals surface area (Å²) in [4.78, 5) is 13.6. The normalized spacial score (nSPS) is 22.4. The van der Waals surface area contributed by atoms with Crippen molar-refractivity contribution in [1.29, 1.82) is 5.26 Å². The topological polar surface area (TPSA) is 117 Å². The Morgan fingerprint density at radius 1 is 1.17 bits per heavy atom. The average Bonchev–Trinajstić information content (AvgIpc) is 2.90. The van der Waals surface area contributed by atoms with E-state index in [0.29, 0.717) is 67.3 Å². The fraction of sp³-hybridized carbons (Fsp3) is 0.615. The molecule has 2 aromatic heterocycles. The van der Waals surface area contributed by atoms with Gasteiger partial charge in [0, 0.05) is 56.8 Å². The summed E-state index contributed by atoms with van der Waals surface area (Å²) in [6.07, 6.45) is 10.8. The van der Waals surface area contributed by atoms with E-state index in [-0.39, 0.29) is 0 Å². The van der Waals surface area contributed by atoms with Gasteiger partial charge in [-0.15, -0.1) is 0 Å². The van der Waals surface area contributed by atoms with Crippen molar-refractivity contribution < 1.29 is 9.47 Å². The Balaban J connectivity index is 1.37. The predicted molar refractivity (Wildman–Crippen MR) is 141 cm³/mol. The second-order valence-corrected chi connectivity index (χ2v) is 10.3. The first-order chi connectivity index (χ1) is 17.5. The molecule has 1 saturated carbocycles. The van der Waals surface area contributed by atoms with Gasteiger partial charge in [0.2, 0.25) is 0 Å². The van der Waals surface area contributed by atoms with Crippen LogP contribution in [-0.2, 0) is 9.47 Å². The van der Waals surface area contributed by atoms with E-state index in [9.17, 15) is 5.26 Å². The fourth-order valence-electron chi connectivity index (χ4n) is 4.96. The van der Waals surface area contributed by atoms with Crippen LogP contribution in [0.15, 0.2) is 24.7 Å². The number of halogens is 1. The lowest BCUT2D eigenvalue weighted by Crippen LogP contribution is -2.42. The molecule has 1 atom stereocenters. The van der Waals surface area contributed by atoms with Crippen molar-refractivity contribution in [3.8, 4) is 17.3 Å². The SMILES string of the molecule is COCC(C)NC1CCC(Nc2cc(-c3cncc(NCC4(C#N)CCOCC4)n3)c(Cl)cn2)CC1. The molecular weight excluding hydrogens is 478 g/mol. The van der Waals surface area contributed by atoms with E-state index in [1.807, 2.05) is 6.07 Å². The lowest BCUT2D eigenvalue weighted by molar-refractivity contribution is 0.0455. The fourth-order valence-corrected chi connectivity index (χ4v) is 5.16. The molecule has 0 spiro atoms. The molecule has 1 aliphatic carbocycles. The van der Waals surface area contributed by atoms with Gasteiger partial charge in [0.05, 0.1) is 41.2 Å². The summed E-state index contributed by atoms with van der Waals surface area (Å²) in [6.45, 7) is 4.60. The van der Waals surface area contributed by atoms with Crippen LogP contribution in [-0.4, -0.2) is 66.6 Å². The minimum Gasteiger partial charge on any atom is -0.383 e. The molecule has 1 unspecified atom stereocenters. The highest BCUT2D eigenvalue weighted by atomic mass is 35.5. The molecule has 4 rings (SSSR count). The zero-order valence-corrected chi connectivity index (χ0v) is 21.9. The molecule has 0 radical (unpaired) electrons. The number of nitriles is 1. The summed E-state index contributed by atoms with van der Waals surface area (Å²) in [5, 5.41) is 20.8. The van der Waals surface area contributed by atoms with Gasteiger partial charge < -0.3 is 25.4 Å². The van der Waals surface area contributed by atoms with E-state index < -0.39 is 5.41 Å². The van der Waals surface area contributed by atoms with Gasteiger partial charge in [-0.25, -0.2) is 9.97 Å². The molecule has 194 valence electrons. The van der Waals surface area contributed by atoms with Gasteiger partial charge in [-0.3, -0.25) is 4.98 Å². The lowest BCUT2D eigenvalue weighted by Gasteiger charge is -2.32. The van der Waals surface area contributed by atoms with Crippen LogP contribution < -0.4 is 16.0 Å².